The van der Waals surface area contributed by atoms with Crippen molar-refractivity contribution in [3.8, 4) is 5.75 Å². The second kappa shape index (κ2) is 10.5. The highest BCUT2D eigenvalue weighted by Gasteiger charge is 2.56. The van der Waals surface area contributed by atoms with Crippen LogP contribution in [0.1, 0.15) is 21.9 Å². The first-order chi connectivity index (χ1) is 18.9. The summed E-state index contributed by atoms with van der Waals surface area (Å²) < 4.78 is 45.2. The van der Waals surface area contributed by atoms with Gasteiger partial charge in [-0.3, -0.25) is 28.9 Å². The molecule has 208 valence electrons. The van der Waals surface area contributed by atoms with Crippen LogP contribution in [0, 0.1) is 5.92 Å². The number of benzene rings is 2. The molecule has 3 aromatic rings. The number of aliphatic carboxylic acids is 1. The molecule has 0 radical (unpaired) electrons. The second-order valence-electron chi connectivity index (χ2n) is 8.86. The first-order valence-corrected chi connectivity index (χ1v) is 13.3. The Labute approximate surface area is 231 Å². The van der Waals surface area contributed by atoms with E-state index in [1.807, 2.05) is 0 Å². The van der Waals surface area contributed by atoms with Gasteiger partial charge in [-0.1, -0.05) is 47.4 Å². The first kappa shape index (κ1) is 27.5. The van der Waals surface area contributed by atoms with Gasteiger partial charge in [-0.05, 0) is 29.8 Å². The second-order valence-corrected chi connectivity index (χ2v) is 11.0. The van der Waals surface area contributed by atoms with Crippen molar-refractivity contribution in [3.63, 3.8) is 0 Å². The zero-order valence-corrected chi connectivity index (χ0v) is 21.7. The number of carboxylic acids is 1. The van der Waals surface area contributed by atoms with Crippen molar-refractivity contribution in [2.75, 3.05) is 18.5 Å². The zero-order chi connectivity index (χ0) is 28.8. The Morgan fingerprint density at radius 1 is 1.07 bits per heavy atom. The molecule has 0 saturated carbocycles. The number of alkyl halides is 3. The Morgan fingerprint density at radius 3 is 2.55 bits per heavy atom. The number of thioether (sulfide) groups is 1. The van der Waals surface area contributed by atoms with Crippen LogP contribution in [-0.2, 0) is 25.4 Å². The van der Waals surface area contributed by atoms with Gasteiger partial charge < -0.3 is 20.1 Å². The predicted octanol–water partition coefficient (Wildman–Crippen LogP) is 3.15. The monoisotopic (exact) mass is 593 g/mol. The topological polar surface area (TPSA) is 146 Å². The van der Waals surface area contributed by atoms with Crippen LogP contribution in [0.15, 0.2) is 58.4 Å². The molecule has 3 atom stereocenters. The fraction of sp³-hybridized carbons (Fsp3) is 0.240. The van der Waals surface area contributed by atoms with Crippen LogP contribution in [0.4, 0.5) is 18.9 Å². The van der Waals surface area contributed by atoms with E-state index in [1.165, 1.54) is 24.3 Å². The van der Waals surface area contributed by atoms with Crippen molar-refractivity contribution in [1.29, 1.82) is 0 Å². The normalized spacial score (nSPS) is 20.2. The smallest absolute Gasteiger partial charge is 0.418 e. The number of likely N-dealkylation sites (tertiary alicyclic amines) is 1. The predicted molar refractivity (Wildman–Crippen MR) is 136 cm³/mol. The number of para-hydroxylation sites is 1. The number of carbonyl (C=O) groups excluding carboxylic acids is 3. The van der Waals surface area contributed by atoms with E-state index < -0.39 is 76.2 Å². The van der Waals surface area contributed by atoms with E-state index >= 15 is 0 Å². The van der Waals surface area contributed by atoms with E-state index in [4.69, 9.17) is 4.74 Å². The molecule has 3 N–H and O–H groups in total. The van der Waals surface area contributed by atoms with Gasteiger partial charge in [0.1, 0.15) is 17.5 Å². The van der Waals surface area contributed by atoms with Gasteiger partial charge in [0.2, 0.25) is 11.8 Å². The largest absolute Gasteiger partial charge is 0.484 e. The number of ether oxygens (including phenoxy) is 1. The summed E-state index contributed by atoms with van der Waals surface area (Å²) >= 11 is 1.86. The van der Waals surface area contributed by atoms with Crippen LogP contribution in [0.3, 0.4) is 0 Å². The third-order valence-corrected chi connectivity index (χ3v) is 8.70. The molecule has 3 amide bonds. The number of thiazole rings is 1. The van der Waals surface area contributed by atoms with Crippen molar-refractivity contribution in [2.24, 2.45) is 5.92 Å². The number of hydrogen-bond acceptors (Lipinski definition) is 8. The maximum Gasteiger partial charge on any atom is 0.418 e. The van der Waals surface area contributed by atoms with Crippen LogP contribution < -0.4 is 14.9 Å². The zero-order valence-electron chi connectivity index (χ0n) is 20.1. The lowest BCUT2D eigenvalue weighted by Crippen LogP contribution is -2.36. The standard InChI is InChI=1S/C25H18F3N3O7S2/c26-25(27,28)13-6-1-2-7-14(13)29-15(32)10-38-12-5-3-4-11(8-12)17-18-20(39-21-19(17)40-24(37)30-21)23(36)31(22(18)35)9-16(33)34/h1-8,17-18,20H,9-10H2,(H,29,32)(H,30,37)(H,33,34)/t17-,18?,20?/m1/s1. The summed E-state index contributed by atoms with van der Waals surface area (Å²) in [4.78, 5) is 65.5. The van der Waals surface area contributed by atoms with Gasteiger partial charge in [0, 0.05) is 10.8 Å². The average molecular weight is 594 g/mol. The first-order valence-electron chi connectivity index (χ1n) is 11.6. The Bertz CT molecular complexity index is 1590. The molecule has 3 heterocycles. The molecule has 2 aliphatic rings. The Hall–Kier alpha value is -4.11. The summed E-state index contributed by atoms with van der Waals surface area (Å²) in [5.41, 5.74) is -0.970. The number of aromatic amines is 1. The van der Waals surface area contributed by atoms with Crippen LogP contribution in [0.25, 0.3) is 0 Å². The fourth-order valence-corrected chi connectivity index (χ4v) is 7.23. The number of halogens is 3. The van der Waals surface area contributed by atoms with Crippen LogP contribution in [-0.4, -0.2) is 57.1 Å². The van der Waals surface area contributed by atoms with E-state index in [-0.39, 0.29) is 5.75 Å². The van der Waals surface area contributed by atoms with E-state index in [1.54, 1.807) is 12.1 Å². The van der Waals surface area contributed by atoms with Crippen LogP contribution in [0.2, 0.25) is 0 Å². The number of rotatable bonds is 7. The Morgan fingerprint density at radius 2 is 1.82 bits per heavy atom. The molecule has 2 aromatic carbocycles. The summed E-state index contributed by atoms with van der Waals surface area (Å²) in [5, 5.41) is 10.8. The molecule has 40 heavy (non-hydrogen) atoms. The third-order valence-electron chi connectivity index (χ3n) is 6.30. The van der Waals surface area contributed by atoms with Crippen molar-refractivity contribution >= 4 is 52.5 Å². The molecular formula is C25H18F3N3O7S2. The lowest BCUT2D eigenvalue weighted by molar-refractivity contribution is -0.149. The van der Waals surface area contributed by atoms with Crippen molar-refractivity contribution < 1.29 is 42.2 Å². The third kappa shape index (κ3) is 5.21. The van der Waals surface area contributed by atoms with E-state index in [9.17, 15) is 42.3 Å². The minimum absolute atomic E-state index is 0.148. The summed E-state index contributed by atoms with van der Waals surface area (Å²) in [7, 11) is 0. The Balaban J connectivity index is 1.39. The number of aromatic nitrogens is 1. The van der Waals surface area contributed by atoms with Gasteiger partial charge in [-0.2, -0.15) is 13.2 Å². The summed E-state index contributed by atoms with van der Waals surface area (Å²) in [6, 6.07) is 10.7. The minimum Gasteiger partial charge on any atom is -0.484 e. The summed E-state index contributed by atoms with van der Waals surface area (Å²) in [6.07, 6.45) is -4.67. The van der Waals surface area contributed by atoms with Gasteiger partial charge in [-0.25, -0.2) is 0 Å². The quantitative estimate of drug-likeness (QED) is 0.354. The molecule has 0 bridgehead atoms. The molecule has 1 aromatic heterocycles. The van der Waals surface area contributed by atoms with Crippen LogP contribution in [0.5, 0.6) is 5.75 Å². The SMILES string of the molecule is O=C(O)CN1C(=O)C2Sc3[nH]c(=O)sc3[C@H](c3cccc(OCC(=O)Nc4ccccc4C(F)(F)F)c3)C2C1=O. The molecule has 5 rings (SSSR count). The van der Waals surface area contributed by atoms with Gasteiger partial charge in [-0.15, -0.1) is 0 Å². The molecular weight excluding hydrogens is 575 g/mol. The lowest BCUT2D eigenvalue weighted by atomic mass is 9.83. The molecule has 0 spiro atoms. The number of anilines is 1. The number of nitrogens with one attached hydrogen (secondary N) is 2. The van der Waals surface area contributed by atoms with Crippen molar-refractivity contribution in [3.05, 3.63) is 74.2 Å². The van der Waals surface area contributed by atoms with E-state index in [2.05, 4.69) is 10.3 Å². The number of amides is 3. The highest BCUT2D eigenvalue weighted by Crippen LogP contribution is 2.52. The molecule has 2 unspecified atom stereocenters. The maximum atomic E-state index is 13.2. The molecule has 15 heteroatoms. The number of nitrogens with zero attached hydrogens (tertiary/aromatic N) is 1. The molecule has 0 aliphatic carbocycles. The van der Waals surface area contributed by atoms with E-state index in [0.29, 0.717) is 20.4 Å². The van der Waals surface area contributed by atoms with Gasteiger partial charge in [0.05, 0.1) is 22.2 Å². The molecule has 1 fully saturated rings. The lowest BCUT2D eigenvalue weighted by Gasteiger charge is -2.30. The van der Waals surface area contributed by atoms with Crippen molar-refractivity contribution in [2.45, 2.75) is 22.4 Å². The average Bonchev–Trinajstić information content (AvgIpc) is 3.37. The molecule has 2 aliphatic heterocycles. The van der Waals surface area contributed by atoms with Gasteiger partial charge in [0.15, 0.2) is 6.61 Å². The maximum absolute atomic E-state index is 13.2. The summed E-state index contributed by atoms with van der Waals surface area (Å²) in [6.45, 7) is -1.42. The number of H-pyrrole nitrogens is 1. The minimum atomic E-state index is -4.67. The fourth-order valence-electron chi connectivity index (χ4n) is 4.70. The van der Waals surface area contributed by atoms with Gasteiger partial charge in [0.25, 0.3) is 5.91 Å². The number of carbonyl (C=O) groups is 4. The molecule has 1 saturated heterocycles. The summed E-state index contributed by atoms with van der Waals surface area (Å²) in [5.74, 6) is -5.19. The number of imide groups is 1. The number of carboxylic acid groups (broad SMARTS) is 1. The van der Waals surface area contributed by atoms with Gasteiger partial charge >= 0.3 is 17.0 Å². The highest BCUT2D eigenvalue weighted by molar-refractivity contribution is 8.00. The number of fused-ring (bicyclic) bond motifs is 2. The van der Waals surface area contributed by atoms with Crippen LogP contribution >= 0.6 is 23.1 Å². The Kier molecular flexibility index (Phi) is 7.18. The molecule has 10 nitrogen and oxygen atoms in total. The highest BCUT2D eigenvalue weighted by atomic mass is 32.2. The van der Waals surface area contributed by atoms with Crippen molar-refractivity contribution in [1.82, 2.24) is 9.88 Å². The van der Waals surface area contributed by atoms with E-state index in [0.717, 1.165) is 35.2 Å². The number of hydrogen-bond donors (Lipinski definition) is 3.